The van der Waals surface area contributed by atoms with Crippen LogP contribution in [0.2, 0.25) is 0 Å². The number of aliphatic imine (C=N–C) groups is 1. The van der Waals surface area contributed by atoms with E-state index < -0.39 is 0 Å². The molecular formula is C24H40N4O. The largest absolute Gasteiger partial charge is 0.381 e. The molecular weight excluding hydrogens is 360 g/mol. The zero-order valence-corrected chi connectivity index (χ0v) is 18.9. The van der Waals surface area contributed by atoms with Gasteiger partial charge in [-0.15, -0.1) is 0 Å². The number of ether oxygens (including phenoxy) is 1. The molecule has 29 heavy (non-hydrogen) atoms. The smallest absolute Gasteiger partial charge is 0.0817 e. The summed E-state index contributed by atoms with van der Waals surface area (Å²) in [6.45, 7) is 9.78. The Balaban J connectivity index is 1.44. The molecule has 0 aromatic carbocycles. The van der Waals surface area contributed by atoms with Crippen molar-refractivity contribution in [3.05, 3.63) is 23.9 Å². The summed E-state index contributed by atoms with van der Waals surface area (Å²) in [5, 5.41) is 6.25. The first-order valence-corrected chi connectivity index (χ1v) is 11.4. The Labute approximate surface area is 177 Å². The van der Waals surface area contributed by atoms with Gasteiger partial charge >= 0.3 is 0 Å². The number of piperidine rings is 1. The lowest BCUT2D eigenvalue weighted by molar-refractivity contribution is -0.00887. The minimum absolute atomic E-state index is 0.609. The van der Waals surface area contributed by atoms with Gasteiger partial charge in [0.1, 0.15) is 0 Å². The molecule has 3 aliphatic rings. The number of nitrogens with zero attached hydrogens (tertiary/aromatic N) is 4. The van der Waals surface area contributed by atoms with Crippen LogP contribution in [0.4, 0.5) is 0 Å². The lowest BCUT2D eigenvalue weighted by Gasteiger charge is -2.52. The molecule has 0 aromatic heterocycles. The third-order valence-electron chi connectivity index (χ3n) is 7.10. The highest BCUT2D eigenvalue weighted by Gasteiger charge is 2.44. The van der Waals surface area contributed by atoms with Crippen molar-refractivity contribution in [3.8, 4) is 0 Å². The highest BCUT2D eigenvalue weighted by Crippen LogP contribution is 2.53. The maximum Gasteiger partial charge on any atom is 0.0817 e. The Morgan fingerprint density at radius 3 is 2.45 bits per heavy atom. The van der Waals surface area contributed by atoms with Crippen molar-refractivity contribution in [1.82, 2.24) is 9.91 Å². The molecule has 0 bridgehead atoms. The van der Waals surface area contributed by atoms with E-state index in [1.54, 1.807) is 0 Å². The molecule has 3 fully saturated rings. The van der Waals surface area contributed by atoms with Crippen molar-refractivity contribution < 1.29 is 4.74 Å². The van der Waals surface area contributed by atoms with Crippen molar-refractivity contribution in [2.24, 2.45) is 27.3 Å². The van der Waals surface area contributed by atoms with Gasteiger partial charge in [0.15, 0.2) is 0 Å². The van der Waals surface area contributed by atoms with Gasteiger partial charge in [-0.05, 0) is 88.8 Å². The number of hydrazone groups is 1. The van der Waals surface area contributed by atoms with Gasteiger partial charge in [-0.25, -0.2) is 0 Å². The molecule has 0 radical (unpaired) electrons. The normalized spacial score (nSPS) is 25.2. The third-order valence-corrected chi connectivity index (χ3v) is 7.10. The molecule has 0 atom stereocenters. The van der Waals surface area contributed by atoms with Gasteiger partial charge in [0.2, 0.25) is 0 Å². The highest BCUT2D eigenvalue weighted by molar-refractivity contribution is 6.07. The fraction of sp³-hybridized carbons (Fsp3) is 0.750. The Morgan fingerprint density at radius 2 is 1.86 bits per heavy atom. The first kappa shape index (κ1) is 22.2. The van der Waals surface area contributed by atoms with Crippen LogP contribution in [0, 0.1) is 17.3 Å². The van der Waals surface area contributed by atoms with E-state index >= 15 is 0 Å². The second-order valence-electron chi connectivity index (χ2n) is 9.06. The standard InChI is InChI=1S/C24H40N4O/c1-5-23(27(4)26-6-2)22(25-3)8-7-21-17-24(18-21)11-13-28(14-12-24)19-20-9-15-29-16-10-20/h5-8,20-21H,9-19H2,1-4H3/b8-7-,23-5+,25-22+,26-6-. The molecule has 0 amide bonds. The SMILES string of the molecule is C/C=N\N(C)C(=C/C)/C(/C=C\C1CC2(CCN(CC3CCOCC3)CC2)C1)=N/C. The Hall–Kier alpha value is -1.46. The van der Waals surface area contributed by atoms with Gasteiger partial charge < -0.3 is 9.64 Å². The maximum atomic E-state index is 5.51. The predicted molar refractivity (Wildman–Crippen MR) is 123 cm³/mol. The topological polar surface area (TPSA) is 40.4 Å². The molecule has 1 spiro atoms. The number of rotatable bonds is 7. The average Bonchev–Trinajstić information content (AvgIpc) is 2.71. The lowest BCUT2D eigenvalue weighted by Crippen LogP contribution is -2.48. The van der Waals surface area contributed by atoms with Crippen LogP contribution < -0.4 is 0 Å². The molecule has 162 valence electrons. The van der Waals surface area contributed by atoms with E-state index in [0.717, 1.165) is 30.5 Å². The van der Waals surface area contributed by atoms with Crippen molar-refractivity contribution in [2.45, 2.75) is 52.4 Å². The maximum absolute atomic E-state index is 5.51. The van der Waals surface area contributed by atoms with Crippen LogP contribution in [0.5, 0.6) is 0 Å². The molecule has 1 aliphatic carbocycles. The average molecular weight is 401 g/mol. The summed E-state index contributed by atoms with van der Waals surface area (Å²) in [7, 11) is 3.84. The fourth-order valence-electron chi connectivity index (χ4n) is 5.34. The summed E-state index contributed by atoms with van der Waals surface area (Å²) in [6, 6.07) is 0. The summed E-state index contributed by atoms with van der Waals surface area (Å²) in [5.74, 6) is 1.56. The van der Waals surface area contributed by atoms with E-state index in [4.69, 9.17) is 4.74 Å². The van der Waals surface area contributed by atoms with Crippen LogP contribution in [0.15, 0.2) is 34.0 Å². The molecule has 5 nitrogen and oxygen atoms in total. The second kappa shape index (κ2) is 10.5. The third kappa shape index (κ3) is 5.79. The monoisotopic (exact) mass is 400 g/mol. The zero-order valence-electron chi connectivity index (χ0n) is 18.9. The molecule has 2 heterocycles. The van der Waals surface area contributed by atoms with E-state index in [1.807, 2.05) is 39.2 Å². The minimum Gasteiger partial charge on any atom is -0.381 e. The first-order chi connectivity index (χ1) is 14.1. The van der Waals surface area contributed by atoms with Crippen molar-refractivity contribution in [1.29, 1.82) is 0 Å². The highest BCUT2D eigenvalue weighted by atomic mass is 16.5. The Bertz CT molecular complexity index is 629. The van der Waals surface area contributed by atoms with E-state index in [9.17, 15) is 0 Å². The van der Waals surface area contributed by atoms with Gasteiger partial charge in [0.25, 0.3) is 0 Å². The van der Waals surface area contributed by atoms with Gasteiger partial charge in [0.05, 0.1) is 11.4 Å². The van der Waals surface area contributed by atoms with Gasteiger partial charge in [-0.1, -0.05) is 12.2 Å². The van der Waals surface area contributed by atoms with Crippen LogP contribution in [0.3, 0.4) is 0 Å². The summed E-state index contributed by atoms with van der Waals surface area (Å²) in [5.41, 5.74) is 2.67. The summed E-state index contributed by atoms with van der Waals surface area (Å²) in [4.78, 5) is 7.21. The van der Waals surface area contributed by atoms with Crippen molar-refractivity contribution >= 4 is 11.9 Å². The number of allylic oxidation sites excluding steroid dienone is 3. The molecule has 5 heteroatoms. The molecule has 2 aliphatic heterocycles. The van der Waals surface area contributed by atoms with Crippen LogP contribution in [0.25, 0.3) is 0 Å². The minimum atomic E-state index is 0.609. The predicted octanol–water partition coefficient (Wildman–Crippen LogP) is 4.37. The lowest BCUT2D eigenvalue weighted by atomic mass is 9.57. The first-order valence-electron chi connectivity index (χ1n) is 11.4. The number of hydrogen-bond donors (Lipinski definition) is 0. The van der Waals surface area contributed by atoms with Crippen LogP contribution in [-0.2, 0) is 4.74 Å². The molecule has 0 N–H and O–H groups in total. The number of likely N-dealkylation sites (tertiary alicyclic amines) is 1. The quantitative estimate of drug-likeness (QED) is 0.470. The molecule has 2 saturated heterocycles. The molecule has 0 unspecified atom stereocenters. The Morgan fingerprint density at radius 1 is 1.17 bits per heavy atom. The Kier molecular flexibility index (Phi) is 8.07. The summed E-state index contributed by atoms with van der Waals surface area (Å²) in [6.07, 6.45) is 16.4. The molecule has 0 aromatic rings. The summed E-state index contributed by atoms with van der Waals surface area (Å²) >= 11 is 0. The van der Waals surface area contributed by atoms with E-state index in [-0.39, 0.29) is 0 Å². The van der Waals surface area contributed by atoms with Crippen LogP contribution in [-0.4, -0.2) is 68.8 Å². The second-order valence-corrected chi connectivity index (χ2v) is 9.06. The summed E-state index contributed by atoms with van der Waals surface area (Å²) < 4.78 is 5.51. The van der Waals surface area contributed by atoms with Gasteiger partial charge in [0, 0.05) is 40.1 Å². The van der Waals surface area contributed by atoms with Crippen LogP contribution >= 0.6 is 0 Å². The van der Waals surface area contributed by atoms with Gasteiger partial charge in [-0.2, -0.15) is 5.10 Å². The fourth-order valence-corrected chi connectivity index (χ4v) is 5.34. The molecule has 3 rings (SSSR count). The van der Waals surface area contributed by atoms with Crippen molar-refractivity contribution in [3.63, 3.8) is 0 Å². The van der Waals surface area contributed by atoms with Crippen molar-refractivity contribution in [2.75, 3.05) is 46.9 Å². The van der Waals surface area contributed by atoms with E-state index in [0.29, 0.717) is 11.3 Å². The van der Waals surface area contributed by atoms with Crippen LogP contribution in [0.1, 0.15) is 52.4 Å². The van der Waals surface area contributed by atoms with E-state index in [2.05, 4.69) is 33.2 Å². The zero-order chi connectivity index (χ0) is 20.7. The number of hydrogen-bond acceptors (Lipinski definition) is 5. The van der Waals surface area contributed by atoms with Gasteiger partial charge in [-0.3, -0.25) is 10.0 Å². The molecule has 1 saturated carbocycles. The van der Waals surface area contributed by atoms with E-state index in [1.165, 1.54) is 58.2 Å².